The van der Waals surface area contributed by atoms with Crippen LogP contribution in [0.1, 0.15) is 29.7 Å². The van der Waals surface area contributed by atoms with Gasteiger partial charge in [0, 0.05) is 6.04 Å². The number of hydrogen-bond donors (Lipinski definition) is 2. The average Bonchev–Trinajstić information content (AvgIpc) is 3.07. The molecule has 0 amide bonds. The first-order valence-electron chi connectivity index (χ1n) is 6.01. The Bertz CT molecular complexity index is 802. The van der Waals surface area contributed by atoms with Crippen LogP contribution in [0.4, 0.5) is 0 Å². The Balaban J connectivity index is 2.35. The molecule has 6 heteroatoms. The Morgan fingerprint density at radius 2 is 2.11 bits per heavy atom. The molecule has 1 aliphatic rings. The van der Waals surface area contributed by atoms with Crippen molar-refractivity contribution in [2.75, 3.05) is 0 Å². The van der Waals surface area contributed by atoms with Crippen molar-refractivity contribution >= 4 is 17.0 Å². The third-order valence-electron chi connectivity index (χ3n) is 3.56. The maximum absolute atomic E-state index is 11.9. The Morgan fingerprint density at radius 3 is 2.68 bits per heavy atom. The summed E-state index contributed by atoms with van der Waals surface area (Å²) in [6, 6.07) is 4.42. The zero-order valence-corrected chi connectivity index (χ0v) is 10.2. The number of rotatable bonds is 2. The van der Waals surface area contributed by atoms with Crippen LogP contribution in [0.25, 0.3) is 11.0 Å². The lowest BCUT2D eigenvalue weighted by molar-refractivity contribution is 0.0697. The van der Waals surface area contributed by atoms with Crippen molar-refractivity contribution in [2.45, 2.75) is 19.4 Å². The van der Waals surface area contributed by atoms with Gasteiger partial charge in [0.15, 0.2) is 0 Å². The van der Waals surface area contributed by atoms with Crippen molar-refractivity contribution in [1.29, 1.82) is 0 Å². The molecule has 2 aromatic rings. The van der Waals surface area contributed by atoms with Crippen LogP contribution in [0.2, 0.25) is 0 Å². The molecule has 19 heavy (non-hydrogen) atoms. The lowest BCUT2D eigenvalue weighted by Crippen LogP contribution is -2.36. The highest BCUT2D eigenvalue weighted by Gasteiger charge is 2.36. The summed E-state index contributed by atoms with van der Waals surface area (Å²) < 4.78 is 1.48. The molecular formula is C13H12N2O4. The van der Waals surface area contributed by atoms with Gasteiger partial charge in [0.1, 0.15) is 0 Å². The van der Waals surface area contributed by atoms with Gasteiger partial charge in [-0.2, -0.15) is 0 Å². The molecule has 3 rings (SSSR count). The van der Waals surface area contributed by atoms with E-state index in [0.717, 1.165) is 6.42 Å². The molecule has 1 heterocycles. The molecule has 6 nitrogen and oxygen atoms in total. The number of nitrogens with zero attached hydrogens (tertiary/aromatic N) is 1. The molecule has 1 aromatic carbocycles. The molecule has 2 atom stereocenters. The smallest absolute Gasteiger partial charge is 0.335 e. The van der Waals surface area contributed by atoms with E-state index in [1.165, 1.54) is 16.7 Å². The van der Waals surface area contributed by atoms with E-state index in [9.17, 15) is 14.4 Å². The molecule has 0 bridgehead atoms. The van der Waals surface area contributed by atoms with Crippen molar-refractivity contribution in [2.24, 2.45) is 5.92 Å². The van der Waals surface area contributed by atoms with Gasteiger partial charge in [-0.3, -0.25) is 14.2 Å². The van der Waals surface area contributed by atoms with Gasteiger partial charge in [-0.1, -0.05) is 6.92 Å². The maximum atomic E-state index is 11.9. The van der Waals surface area contributed by atoms with E-state index in [1.807, 2.05) is 6.92 Å². The highest BCUT2D eigenvalue weighted by molar-refractivity contribution is 5.92. The van der Waals surface area contributed by atoms with Gasteiger partial charge in [0.25, 0.3) is 0 Å². The first-order valence-corrected chi connectivity index (χ1v) is 6.01. The summed E-state index contributed by atoms with van der Waals surface area (Å²) in [6.07, 6.45) is 0.860. The number of benzene rings is 1. The lowest BCUT2D eigenvalue weighted by Gasteiger charge is -2.09. The minimum absolute atomic E-state index is 0.0352. The Kier molecular flexibility index (Phi) is 2.35. The summed E-state index contributed by atoms with van der Waals surface area (Å²) >= 11 is 0. The van der Waals surface area contributed by atoms with Gasteiger partial charge >= 0.3 is 17.1 Å². The second-order valence-electron chi connectivity index (χ2n) is 4.95. The van der Waals surface area contributed by atoms with Gasteiger partial charge in [-0.15, -0.1) is 0 Å². The second-order valence-corrected chi connectivity index (χ2v) is 4.95. The van der Waals surface area contributed by atoms with Crippen LogP contribution in [0.5, 0.6) is 0 Å². The fraction of sp³-hybridized carbons (Fsp3) is 0.308. The topological polar surface area (TPSA) is 92.2 Å². The van der Waals surface area contributed by atoms with Crippen LogP contribution in [-0.2, 0) is 0 Å². The van der Waals surface area contributed by atoms with E-state index in [4.69, 9.17) is 5.11 Å². The Morgan fingerprint density at radius 1 is 1.42 bits per heavy atom. The number of carbonyl (C=O) groups is 1. The summed E-state index contributed by atoms with van der Waals surface area (Å²) in [4.78, 5) is 36.9. The van der Waals surface area contributed by atoms with Crippen LogP contribution < -0.4 is 11.1 Å². The zero-order chi connectivity index (χ0) is 13.7. The van der Waals surface area contributed by atoms with Crippen LogP contribution in [0, 0.1) is 5.92 Å². The van der Waals surface area contributed by atoms with E-state index in [1.54, 1.807) is 6.07 Å². The monoisotopic (exact) mass is 260 g/mol. The van der Waals surface area contributed by atoms with Crippen LogP contribution in [-0.4, -0.2) is 20.6 Å². The normalized spacial score (nSPS) is 21.5. The number of aromatic carboxylic acids is 1. The SMILES string of the molecule is CC1CC1n1c(=O)c(=O)[nH]c2cc(C(=O)O)ccc21. The molecule has 0 aliphatic heterocycles. The predicted octanol–water partition coefficient (Wildman–Crippen LogP) is 0.969. The number of carboxylic acids is 1. The van der Waals surface area contributed by atoms with Gasteiger partial charge in [0.05, 0.1) is 16.6 Å². The molecule has 1 aliphatic carbocycles. The molecule has 1 aromatic heterocycles. The second kappa shape index (κ2) is 3.81. The fourth-order valence-electron chi connectivity index (χ4n) is 2.37. The lowest BCUT2D eigenvalue weighted by atomic mass is 10.2. The summed E-state index contributed by atoms with van der Waals surface area (Å²) in [6.45, 7) is 2.01. The molecule has 1 saturated carbocycles. The standard InChI is InChI=1S/C13H12N2O4/c1-6-4-10(6)15-9-3-2-7(13(18)19)5-8(9)14-11(16)12(15)17/h2-3,5-6,10H,4H2,1H3,(H,14,16)(H,18,19). The van der Waals surface area contributed by atoms with Gasteiger partial charge in [0.2, 0.25) is 0 Å². The molecule has 2 unspecified atom stereocenters. The minimum Gasteiger partial charge on any atom is -0.478 e. The Hall–Kier alpha value is -2.37. The first-order chi connectivity index (χ1) is 8.99. The van der Waals surface area contributed by atoms with Crippen molar-refractivity contribution < 1.29 is 9.90 Å². The quantitative estimate of drug-likeness (QED) is 0.787. The maximum Gasteiger partial charge on any atom is 0.335 e. The summed E-state index contributed by atoms with van der Waals surface area (Å²) in [5.74, 6) is -0.706. The summed E-state index contributed by atoms with van der Waals surface area (Å²) in [5.41, 5.74) is -0.260. The minimum atomic E-state index is -1.07. The van der Waals surface area contributed by atoms with Crippen LogP contribution in [0.15, 0.2) is 27.8 Å². The third-order valence-corrected chi connectivity index (χ3v) is 3.56. The van der Waals surface area contributed by atoms with Crippen molar-refractivity contribution in [3.63, 3.8) is 0 Å². The molecular weight excluding hydrogens is 248 g/mol. The molecule has 0 radical (unpaired) electrons. The van der Waals surface area contributed by atoms with Crippen molar-refractivity contribution in [3.8, 4) is 0 Å². The fourth-order valence-corrected chi connectivity index (χ4v) is 2.37. The largest absolute Gasteiger partial charge is 0.478 e. The van der Waals surface area contributed by atoms with E-state index >= 15 is 0 Å². The summed E-state index contributed by atoms with van der Waals surface area (Å²) in [5, 5.41) is 8.94. The number of aromatic amines is 1. The molecule has 98 valence electrons. The molecule has 1 fully saturated rings. The number of nitrogens with one attached hydrogen (secondary N) is 1. The van der Waals surface area contributed by atoms with E-state index in [2.05, 4.69) is 4.98 Å². The number of H-pyrrole nitrogens is 1. The number of fused-ring (bicyclic) bond motifs is 1. The van der Waals surface area contributed by atoms with Gasteiger partial charge in [-0.25, -0.2) is 4.79 Å². The number of aromatic nitrogens is 2. The van der Waals surface area contributed by atoms with Crippen molar-refractivity contribution in [3.05, 3.63) is 44.5 Å². The van der Waals surface area contributed by atoms with E-state index in [-0.39, 0.29) is 11.6 Å². The van der Waals surface area contributed by atoms with Gasteiger partial charge < -0.3 is 10.1 Å². The molecule has 2 N–H and O–H groups in total. The highest BCUT2D eigenvalue weighted by Crippen LogP contribution is 2.42. The third kappa shape index (κ3) is 1.76. The predicted molar refractivity (Wildman–Crippen MR) is 68.6 cm³/mol. The zero-order valence-electron chi connectivity index (χ0n) is 10.2. The van der Waals surface area contributed by atoms with Crippen LogP contribution >= 0.6 is 0 Å². The number of hydrogen-bond acceptors (Lipinski definition) is 3. The number of carboxylic acid groups (broad SMARTS) is 1. The Labute approximate surface area is 107 Å². The van der Waals surface area contributed by atoms with Gasteiger partial charge in [-0.05, 0) is 30.5 Å². The van der Waals surface area contributed by atoms with E-state index in [0.29, 0.717) is 17.0 Å². The first kappa shape index (κ1) is 11.7. The summed E-state index contributed by atoms with van der Waals surface area (Å²) in [7, 11) is 0. The highest BCUT2D eigenvalue weighted by atomic mass is 16.4. The molecule has 0 spiro atoms. The van der Waals surface area contributed by atoms with E-state index < -0.39 is 17.1 Å². The van der Waals surface area contributed by atoms with Crippen LogP contribution in [0.3, 0.4) is 0 Å². The average molecular weight is 260 g/mol. The van der Waals surface area contributed by atoms with Crippen molar-refractivity contribution in [1.82, 2.24) is 9.55 Å². The molecule has 0 saturated heterocycles.